The van der Waals surface area contributed by atoms with Crippen LogP contribution in [-0.4, -0.2) is 65.5 Å². The highest BCUT2D eigenvalue weighted by Crippen LogP contribution is 2.34. The Bertz CT molecular complexity index is 280. The lowest BCUT2D eigenvalue weighted by Crippen LogP contribution is -2.53. The zero-order valence-electron chi connectivity index (χ0n) is 12.8. The number of carbonyl (C=O) groups is 1. The number of piperidine rings is 1. The zero-order valence-corrected chi connectivity index (χ0v) is 13.6. The molecule has 112 valence electrons. The lowest BCUT2D eigenvalue weighted by Gasteiger charge is -2.42. The fourth-order valence-corrected chi connectivity index (χ4v) is 3.52. The molecule has 0 aromatic heterocycles. The van der Waals surface area contributed by atoms with Crippen LogP contribution in [0.4, 0.5) is 0 Å². The number of nitrogens with zero attached hydrogens (tertiary/aromatic N) is 2. The second kappa shape index (κ2) is 7.50. The number of amides is 1. The molecule has 1 unspecified atom stereocenters. The maximum atomic E-state index is 12.4. The Morgan fingerprint density at radius 3 is 2.26 bits per heavy atom. The third kappa shape index (κ3) is 3.86. The molecule has 0 aliphatic carbocycles. The van der Waals surface area contributed by atoms with Gasteiger partial charge in [0.15, 0.2) is 0 Å². The summed E-state index contributed by atoms with van der Waals surface area (Å²) in [7, 11) is 0. The molecule has 5 heteroatoms. The minimum Gasteiger partial charge on any atom is -0.342 e. The molecule has 0 saturated carbocycles. The van der Waals surface area contributed by atoms with E-state index in [4.69, 9.17) is 5.73 Å². The normalized spacial score (nSPS) is 21.1. The smallest absolute Gasteiger partial charge is 0.239 e. The SMILES string of the molecule is CCN(CC)C(=O)C(C)N1CCC(CN)(SC)CC1. The quantitative estimate of drug-likeness (QED) is 0.802. The molecule has 1 rings (SSSR count). The number of likely N-dealkylation sites (N-methyl/N-ethyl adjacent to an activating group) is 1. The second-order valence-corrected chi connectivity index (χ2v) is 6.59. The van der Waals surface area contributed by atoms with Gasteiger partial charge >= 0.3 is 0 Å². The number of rotatable bonds is 6. The summed E-state index contributed by atoms with van der Waals surface area (Å²) in [4.78, 5) is 16.6. The minimum atomic E-state index is -0.00229. The van der Waals surface area contributed by atoms with Gasteiger partial charge in [-0.1, -0.05) is 0 Å². The molecule has 0 aromatic rings. The van der Waals surface area contributed by atoms with Crippen LogP contribution in [0.5, 0.6) is 0 Å². The van der Waals surface area contributed by atoms with Gasteiger partial charge < -0.3 is 10.6 Å². The number of hydrogen-bond acceptors (Lipinski definition) is 4. The predicted molar refractivity (Wildman–Crippen MR) is 83.5 cm³/mol. The van der Waals surface area contributed by atoms with E-state index in [-0.39, 0.29) is 16.7 Å². The molecule has 19 heavy (non-hydrogen) atoms. The largest absolute Gasteiger partial charge is 0.342 e. The van der Waals surface area contributed by atoms with Gasteiger partial charge in [-0.05, 0) is 39.9 Å². The number of nitrogens with two attached hydrogens (primary N) is 1. The van der Waals surface area contributed by atoms with Gasteiger partial charge in [0.25, 0.3) is 0 Å². The molecular formula is C14H29N3OS. The highest BCUT2D eigenvalue weighted by Gasteiger charge is 2.35. The van der Waals surface area contributed by atoms with Gasteiger partial charge in [0.05, 0.1) is 6.04 Å². The van der Waals surface area contributed by atoms with Crippen molar-refractivity contribution in [2.75, 3.05) is 39.0 Å². The molecule has 1 atom stereocenters. The fraction of sp³-hybridized carbons (Fsp3) is 0.929. The molecule has 2 N–H and O–H groups in total. The maximum Gasteiger partial charge on any atom is 0.239 e. The van der Waals surface area contributed by atoms with Crippen molar-refractivity contribution >= 4 is 17.7 Å². The summed E-state index contributed by atoms with van der Waals surface area (Å²) in [6.07, 6.45) is 4.31. The first kappa shape index (κ1) is 16.8. The van der Waals surface area contributed by atoms with Gasteiger partial charge in [0, 0.05) is 37.5 Å². The molecule has 1 fully saturated rings. The molecule has 1 aliphatic rings. The van der Waals surface area contributed by atoms with E-state index in [2.05, 4.69) is 11.2 Å². The molecule has 1 saturated heterocycles. The van der Waals surface area contributed by atoms with E-state index >= 15 is 0 Å². The summed E-state index contributed by atoms with van der Waals surface area (Å²) >= 11 is 1.88. The van der Waals surface area contributed by atoms with Crippen LogP contribution >= 0.6 is 11.8 Å². The number of thioether (sulfide) groups is 1. The Balaban J connectivity index is 2.57. The summed E-state index contributed by atoms with van der Waals surface area (Å²) < 4.78 is 0.231. The van der Waals surface area contributed by atoms with Crippen LogP contribution in [0.25, 0.3) is 0 Å². The summed E-state index contributed by atoms with van der Waals surface area (Å²) in [5, 5.41) is 0. The van der Waals surface area contributed by atoms with Crippen LogP contribution in [0.15, 0.2) is 0 Å². The lowest BCUT2D eigenvalue weighted by atomic mass is 9.94. The molecule has 0 bridgehead atoms. The van der Waals surface area contributed by atoms with E-state index in [0.717, 1.165) is 45.6 Å². The second-order valence-electron chi connectivity index (χ2n) is 5.31. The third-order valence-corrected chi connectivity index (χ3v) is 5.94. The van der Waals surface area contributed by atoms with E-state index in [0.29, 0.717) is 0 Å². The van der Waals surface area contributed by atoms with E-state index < -0.39 is 0 Å². The summed E-state index contributed by atoms with van der Waals surface area (Å²) in [5.74, 6) is 0.259. The van der Waals surface area contributed by atoms with Gasteiger partial charge in [-0.3, -0.25) is 9.69 Å². The van der Waals surface area contributed by atoms with Crippen LogP contribution in [0.3, 0.4) is 0 Å². The van der Waals surface area contributed by atoms with Crippen LogP contribution in [0.1, 0.15) is 33.6 Å². The van der Waals surface area contributed by atoms with Crippen molar-refractivity contribution in [1.29, 1.82) is 0 Å². The van der Waals surface area contributed by atoms with Crippen molar-refractivity contribution < 1.29 is 4.79 Å². The van der Waals surface area contributed by atoms with E-state index in [9.17, 15) is 4.79 Å². The fourth-order valence-electron chi connectivity index (χ4n) is 2.77. The van der Waals surface area contributed by atoms with Crippen molar-refractivity contribution in [2.45, 2.75) is 44.4 Å². The van der Waals surface area contributed by atoms with Crippen molar-refractivity contribution in [1.82, 2.24) is 9.80 Å². The van der Waals surface area contributed by atoms with Crippen molar-refractivity contribution in [3.63, 3.8) is 0 Å². The van der Waals surface area contributed by atoms with Gasteiger partial charge in [-0.25, -0.2) is 0 Å². The van der Waals surface area contributed by atoms with Gasteiger partial charge in [0.2, 0.25) is 5.91 Å². The Morgan fingerprint density at radius 2 is 1.89 bits per heavy atom. The average molecular weight is 287 g/mol. The van der Waals surface area contributed by atoms with Crippen molar-refractivity contribution in [2.24, 2.45) is 5.73 Å². The van der Waals surface area contributed by atoms with Gasteiger partial charge in [-0.2, -0.15) is 11.8 Å². The van der Waals surface area contributed by atoms with Crippen LogP contribution < -0.4 is 5.73 Å². The Kier molecular flexibility index (Phi) is 6.63. The van der Waals surface area contributed by atoms with Gasteiger partial charge in [0.1, 0.15) is 0 Å². The first-order valence-corrected chi connectivity index (χ1v) is 8.54. The highest BCUT2D eigenvalue weighted by atomic mass is 32.2. The number of likely N-dealkylation sites (tertiary alicyclic amines) is 1. The molecule has 0 radical (unpaired) electrons. The van der Waals surface area contributed by atoms with Gasteiger partial charge in [-0.15, -0.1) is 0 Å². The summed E-state index contributed by atoms with van der Waals surface area (Å²) in [5.41, 5.74) is 5.91. The first-order valence-electron chi connectivity index (χ1n) is 7.31. The molecule has 1 heterocycles. The van der Waals surface area contributed by atoms with E-state index in [1.54, 1.807) is 0 Å². The zero-order chi connectivity index (χ0) is 14.5. The average Bonchev–Trinajstić information content (AvgIpc) is 2.47. The summed E-state index contributed by atoms with van der Waals surface area (Å²) in [6.45, 7) is 10.4. The number of carbonyl (C=O) groups excluding carboxylic acids is 1. The lowest BCUT2D eigenvalue weighted by molar-refractivity contribution is -0.136. The highest BCUT2D eigenvalue weighted by molar-refractivity contribution is 8.00. The topological polar surface area (TPSA) is 49.6 Å². The molecule has 4 nitrogen and oxygen atoms in total. The van der Waals surface area contributed by atoms with Crippen LogP contribution in [-0.2, 0) is 4.79 Å². The van der Waals surface area contributed by atoms with Crippen LogP contribution in [0, 0.1) is 0 Å². The molecule has 0 spiro atoms. The Hall–Kier alpha value is -0.260. The Labute approximate surface area is 122 Å². The predicted octanol–water partition coefficient (Wildman–Crippen LogP) is 1.40. The number of hydrogen-bond donors (Lipinski definition) is 1. The monoisotopic (exact) mass is 287 g/mol. The maximum absolute atomic E-state index is 12.4. The summed E-state index contributed by atoms with van der Waals surface area (Å²) in [6, 6.07) is -0.00229. The molecule has 0 aromatic carbocycles. The van der Waals surface area contributed by atoms with Crippen molar-refractivity contribution in [3.05, 3.63) is 0 Å². The molecule has 1 amide bonds. The Morgan fingerprint density at radius 1 is 1.37 bits per heavy atom. The van der Waals surface area contributed by atoms with E-state index in [1.807, 2.05) is 37.4 Å². The molecular weight excluding hydrogens is 258 g/mol. The van der Waals surface area contributed by atoms with E-state index in [1.165, 1.54) is 0 Å². The first-order chi connectivity index (χ1) is 9.03. The molecule has 1 aliphatic heterocycles. The van der Waals surface area contributed by atoms with Crippen LogP contribution in [0.2, 0.25) is 0 Å². The minimum absolute atomic E-state index is 0.00229. The standard InChI is InChI=1S/C14H29N3OS/c1-5-16(6-2)13(18)12(3)17-9-7-14(11-15,19-4)8-10-17/h12H,5-11,15H2,1-4H3. The van der Waals surface area contributed by atoms with Crippen molar-refractivity contribution in [3.8, 4) is 0 Å². The third-order valence-electron chi connectivity index (χ3n) is 4.49.